The van der Waals surface area contributed by atoms with Crippen LogP contribution in [0.2, 0.25) is 0 Å². The van der Waals surface area contributed by atoms with E-state index in [1.54, 1.807) is 23.1 Å². The molecule has 2 N–H and O–H groups in total. The molecule has 7 heteroatoms. The number of nitrogens with two attached hydrogens (primary N) is 1. The van der Waals surface area contributed by atoms with Crippen LogP contribution in [0, 0.1) is 18.8 Å². The quantitative estimate of drug-likeness (QED) is 0.723. The summed E-state index contributed by atoms with van der Waals surface area (Å²) < 4.78 is 0. The lowest BCUT2D eigenvalue weighted by Gasteiger charge is -2.35. The highest BCUT2D eigenvalue weighted by Crippen LogP contribution is 2.25. The zero-order valence-corrected chi connectivity index (χ0v) is 18.3. The van der Waals surface area contributed by atoms with E-state index in [1.807, 2.05) is 45.0 Å². The summed E-state index contributed by atoms with van der Waals surface area (Å²) in [5.41, 5.74) is 7.96. The van der Waals surface area contributed by atoms with E-state index in [0.717, 1.165) is 5.56 Å². The third kappa shape index (κ3) is 4.77. The van der Waals surface area contributed by atoms with Gasteiger partial charge in [-0.1, -0.05) is 49.2 Å². The Kier molecular flexibility index (Phi) is 7.00. The predicted octanol–water partition coefficient (Wildman–Crippen LogP) is 3.50. The highest BCUT2D eigenvalue weighted by molar-refractivity contribution is 6.35. The van der Waals surface area contributed by atoms with Crippen molar-refractivity contribution in [3.63, 3.8) is 0 Å². The lowest BCUT2D eigenvalue weighted by atomic mass is 9.93. The second-order valence-corrected chi connectivity index (χ2v) is 8.34. The van der Waals surface area contributed by atoms with E-state index in [2.05, 4.69) is 9.98 Å². The summed E-state index contributed by atoms with van der Waals surface area (Å²) in [6, 6.07) is 6.99. The Morgan fingerprint density at radius 1 is 1.23 bits per heavy atom. The van der Waals surface area contributed by atoms with Gasteiger partial charge in [-0.15, -0.1) is 0 Å². The predicted molar refractivity (Wildman–Crippen MR) is 121 cm³/mol. The normalized spacial score (nSPS) is 19.1. The van der Waals surface area contributed by atoms with Crippen molar-refractivity contribution in [1.29, 1.82) is 0 Å². The van der Waals surface area contributed by atoms with Gasteiger partial charge in [-0.25, -0.2) is 4.99 Å². The van der Waals surface area contributed by atoms with Gasteiger partial charge in [0, 0.05) is 17.1 Å². The Morgan fingerprint density at radius 3 is 2.57 bits per heavy atom. The highest BCUT2D eigenvalue weighted by atomic mass is 35.5. The first-order valence-corrected chi connectivity index (χ1v) is 10.5. The molecule has 0 fully saturated rings. The van der Waals surface area contributed by atoms with Gasteiger partial charge >= 0.3 is 0 Å². The molecule has 2 atom stereocenters. The first-order valence-electron chi connectivity index (χ1n) is 10.2. The fourth-order valence-corrected chi connectivity index (χ4v) is 3.82. The van der Waals surface area contributed by atoms with Crippen LogP contribution in [-0.4, -0.2) is 47.4 Å². The van der Waals surface area contributed by atoms with Crippen LogP contribution in [0.3, 0.4) is 0 Å². The summed E-state index contributed by atoms with van der Waals surface area (Å²) in [7, 11) is 0. The van der Waals surface area contributed by atoms with Crippen molar-refractivity contribution in [3.8, 4) is 0 Å². The van der Waals surface area contributed by atoms with Crippen LogP contribution >= 0.6 is 11.6 Å². The highest BCUT2D eigenvalue weighted by Gasteiger charge is 2.36. The van der Waals surface area contributed by atoms with Gasteiger partial charge in [-0.3, -0.25) is 9.59 Å². The average molecular weight is 427 g/mol. The Hall–Kier alpha value is -2.57. The van der Waals surface area contributed by atoms with Crippen molar-refractivity contribution in [3.05, 3.63) is 58.7 Å². The lowest BCUT2D eigenvalue weighted by molar-refractivity contribution is -0.118. The SMILES string of the molecule is Cc1ccc(C(=O)N(CCCN)C(C2=NC(=O)C3C=CC(Cl)=CC3=N2)C(C)C)cc1. The molecular formula is C23H27ClN4O2. The average Bonchev–Trinajstić information content (AvgIpc) is 2.70. The van der Waals surface area contributed by atoms with Crippen molar-refractivity contribution in [2.24, 2.45) is 27.6 Å². The fourth-order valence-electron chi connectivity index (χ4n) is 3.64. The molecule has 1 aliphatic carbocycles. The molecule has 1 heterocycles. The number of carbonyl (C=O) groups excluding carboxylic acids is 2. The molecule has 0 aromatic heterocycles. The van der Waals surface area contributed by atoms with Gasteiger partial charge in [0.25, 0.3) is 11.8 Å². The molecule has 0 bridgehead atoms. The van der Waals surface area contributed by atoms with Crippen molar-refractivity contribution in [2.75, 3.05) is 13.1 Å². The summed E-state index contributed by atoms with van der Waals surface area (Å²) in [6.07, 6.45) is 5.70. The zero-order valence-electron chi connectivity index (χ0n) is 17.5. The number of fused-ring (bicyclic) bond motifs is 1. The second-order valence-electron chi connectivity index (χ2n) is 7.91. The molecule has 0 saturated carbocycles. The van der Waals surface area contributed by atoms with E-state index >= 15 is 0 Å². The molecule has 0 spiro atoms. The van der Waals surface area contributed by atoms with Crippen LogP contribution in [0.5, 0.6) is 0 Å². The number of amides is 2. The number of halogens is 1. The van der Waals surface area contributed by atoms with Crippen molar-refractivity contribution in [2.45, 2.75) is 33.2 Å². The van der Waals surface area contributed by atoms with Crippen LogP contribution in [0.4, 0.5) is 0 Å². The van der Waals surface area contributed by atoms with E-state index in [-0.39, 0.29) is 17.7 Å². The molecule has 158 valence electrons. The molecule has 6 nitrogen and oxygen atoms in total. The van der Waals surface area contributed by atoms with Crippen molar-refractivity contribution < 1.29 is 9.59 Å². The van der Waals surface area contributed by atoms with Gasteiger partial charge in [-0.2, -0.15) is 4.99 Å². The van der Waals surface area contributed by atoms with E-state index in [0.29, 0.717) is 41.7 Å². The second kappa shape index (κ2) is 9.49. The van der Waals surface area contributed by atoms with Gasteiger partial charge in [0.05, 0.1) is 11.8 Å². The molecule has 0 saturated heterocycles. The maximum atomic E-state index is 13.4. The molecule has 0 radical (unpaired) electrons. The van der Waals surface area contributed by atoms with Gasteiger partial charge in [0.2, 0.25) is 0 Å². The van der Waals surface area contributed by atoms with Crippen LogP contribution in [0.1, 0.15) is 36.2 Å². The molecule has 1 aromatic carbocycles. The maximum Gasteiger partial charge on any atom is 0.260 e. The van der Waals surface area contributed by atoms with Gasteiger partial charge in [-0.05, 0) is 50.1 Å². The van der Waals surface area contributed by atoms with E-state index in [9.17, 15) is 9.59 Å². The number of nitrogens with zero attached hydrogens (tertiary/aromatic N) is 3. The molecule has 1 aliphatic heterocycles. The Balaban J connectivity index is 2.00. The molecule has 2 aliphatic rings. The van der Waals surface area contributed by atoms with E-state index < -0.39 is 12.0 Å². The smallest absolute Gasteiger partial charge is 0.260 e. The first-order chi connectivity index (χ1) is 14.3. The maximum absolute atomic E-state index is 13.4. The number of aliphatic imine (C=N–C) groups is 2. The molecular weight excluding hydrogens is 400 g/mol. The Labute approximate surface area is 182 Å². The summed E-state index contributed by atoms with van der Waals surface area (Å²) in [6.45, 7) is 6.86. The molecule has 3 rings (SSSR count). The number of benzene rings is 1. The van der Waals surface area contributed by atoms with Gasteiger partial charge < -0.3 is 10.6 Å². The summed E-state index contributed by atoms with van der Waals surface area (Å²) in [5.74, 6) is -0.608. The molecule has 1 aromatic rings. The Bertz CT molecular complexity index is 944. The van der Waals surface area contributed by atoms with Crippen LogP contribution in [0.25, 0.3) is 0 Å². The lowest BCUT2D eigenvalue weighted by Crippen LogP contribution is -2.50. The number of carbonyl (C=O) groups is 2. The number of amidine groups is 1. The number of hydrogen-bond acceptors (Lipinski definition) is 4. The number of allylic oxidation sites excluding steroid dienone is 3. The fraction of sp³-hybridized carbons (Fsp3) is 0.391. The minimum atomic E-state index is -0.519. The van der Waals surface area contributed by atoms with E-state index in [1.165, 1.54) is 0 Å². The number of rotatable bonds is 7. The largest absolute Gasteiger partial charge is 0.330 e. The summed E-state index contributed by atoms with van der Waals surface area (Å²) in [4.78, 5) is 36.8. The van der Waals surface area contributed by atoms with Crippen LogP contribution in [0.15, 0.2) is 57.5 Å². The first kappa shape index (κ1) is 22.1. The monoisotopic (exact) mass is 426 g/mol. The van der Waals surface area contributed by atoms with Crippen LogP contribution < -0.4 is 5.73 Å². The molecule has 2 unspecified atom stereocenters. The number of aryl methyl sites for hydroxylation is 1. The van der Waals surface area contributed by atoms with Gasteiger partial charge in [0.1, 0.15) is 5.92 Å². The zero-order chi connectivity index (χ0) is 21.8. The summed E-state index contributed by atoms with van der Waals surface area (Å²) in [5, 5.41) is 0.510. The standard InChI is InChI=1S/C23H27ClN4O2/c1-14(2)20(21-26-19-13-17(24)9-10-18(19)22(29)27-21)28(12-4-11-25)23(30)16-7-5-15(3)6-8-16/h5-10,13-14,18,20H,4,11-12,25H2,1-3H3. The van der Waals surface area contributed by atoms with Crippen molar-refractivity contribution in [1.82, 2.24) is 4.90 Å². The third-order valence-corrected chi connectivity index (χ3v) is 5.42. The number of hydrogen-bond donors (Lipinski definition) is 1. The molecule has 2 amide bonds. The topological polar surface area (TPSA) is 88.1 Å². The Morgan fingerprint density at radius 2 is 1.93 bits per heavy atom. The summed E-state index contributed by atoms with van der Waals surface area (Å²) >= 11 is 6.11. The van der Waals surface area contributed by atoms with E-state index in [4.69, 9.17) is 17.3 Å². The van der Waals surface area contributed by atoms with Crippen molar-refractivity contribution >= 4 is 35.0 Å². The third-order valence-electron chi connectivity index (χ3n) is 5.18. The van der Waals surface area contributed by atoms with Crippen LogP contribution in [-0.2, 0) is 4.79 Å². The van der Waals surface area contributed by atoms with Gasteiger partial charge in [0.15, 0.2) is 5.84 Å². The minimum Gasteiger partial charge on any atom is -0.330 e. The molecule has 30 heavy (non-hydrogen) atoms. The minimum absolute atomic E-state index is 0.0109.